The summed E-state index contributed by atoms with van der Waals surface area (Å²) in [4.78, 5) is 14.9. The predicted octanol–water partition coefficient (Wildman–Crippen LogP) is 4.43. The molecule has 6 nitrogen and oxygen atoms in total. The molecule has 0 atom stereocenters. The minimum absolute atomic E-state index is 0.165. The zero-order chi connectivity index (χ0) is 24.9. The third-order valence-electron chi connectivity index (χ3n) is 5.57. The summed E-state index contributed by atoms with van der Waals surface area (Å²) in [7, 11) is -4.04. The molecular formula is C23H27ClF3N3O3S. The molecule has 186 valence electrons. The lowest BCUT2D eigenvalue weighted by Crippen LogP contribution is -2.40. The topological polar surface area (TPSA) is 69.7 Å². The third kappa shape index (κ3) is 7.35. The number of halogens is 4. The fourth-order valence-corrected chi connectivity index (χ4v) is 4.96. The van der Waals surface area contributed by atoms with Crippen molar-refractivity contribution in [3.63, 3.8) is 0 Å². The van der Waals surface area contributed by atoms with Gasteiger partial charge < -0.3 is 5.32 Å². The van der Waals surface area contributed by atoms with Crippen LogP contribution in [0.3, 0.4) is 0 Å². The van der Waals surface area contributed by atoms with Gasteiger partial charge in [0.25, 0.3) is 0 Å². The monoisotopic (exact) mass is 517 g/mol. The van der Waals surface area contributed by atoms with E-state index in [1.165, 1.54) is 19.3 Å². The standard InChI is InChI=1S/C23H27ClF3N3O3S/c1-34(32,33)30(19-8-9-21(24)20(13-19)23(25,26)27)16-22(31)28-14-17-6-5-7-18(12-17)15-29-10-3-2-4-11-29/h5-9,12-13H,2-4,10-11,14-16H2,1H3,(H,28,31). The largest absolute Gasteiger partial charge is 0.417 e. The summed E-state index contributed by atoms with van der Waals surface area (Å²) in [5.41, 5.74) is 0.496. The van der Waals surface area contributed by atoms with Crippen molar-refractivity contribution in [2.45, 2.75) is 38.5 Å². The van der Waals surface area contributed by atoms with Gasteiger partial charge in [-0.15, -0.1) is 0 Å². The van der Waals surface area contributed by atoms with E-state index in [0.717, 1.165) is 49.1 Å². The van der Waals surface area contributed by atoms with Gasteiger partial charge in [-0.1, -0.05) is 42.3 Å². The lowest BCUT2D eigenvalue weighted by Gasteiger charge is -2.26. The molecule has 1 amide bonds. The zero-order valence-corrected chi connectivity index (χ0v) is 20.3. The number of amides is 1. The van der Waals surface area contributed by atoms with Crippen molar-refractivity contribution in [2.75, 3.05) is 30.2 Å². The summed E-state index contributed by atoms with van der Waals surface area (Å²) in [6, 6.07) is 10.5. The second kappa shape index (κ2) is 11.0. The van der Waals surface area contributed by atoms with Crippen molar-refractivity contribution >= 4 is 33.2 Å². The molecule has 3 rings (SSSR count). The molecule has 1 heterocycles. The van der Waals surface area contributed by atoms with Crippen LogP contribution in [0.15, 0.2) is 42.5 Å². The van der Waals surface area contributed by atoms with Crippen molar-refractivity contribution in [3.05, 3.63) is 64.2 Å². The van der Waals surface area contributed by atoms with E-state index in [0.29, 0.717) is 10.4 Å². The van der Waals surface area contributed by atoms with E-state index in [9.17, 15) is 26.4 Å². The Kier molecular flexibility index (Phi) is 8.48. The van der Waals surface area contributed by atoms with E-state index >= 15 is 0 Å². The lowest BCUT2D eigenvalue weighted by molar-refractivity contribution is -0.137. The summed E-state index contributed by atoms with van der Waals surface area (Å²) >= 11 is 5.63. The smallest absolute Gasteiger partial charge is 0.350 e. The summed E-state index contributed by atoms with van der Waals surface area (Å²) in [5, 5.41) is 2.09. The van der Waals surface area contributed by atoms with E-state index in [-0.39, 0.29) is 12.2 Å². The predicted molar refractivity (Wildman–Crippen MR) is 126 cm³/mol. The highest BCUT2D eigenvalue weighted by Gasteiger charge is 2.34. The van der Waals surface area contributed by atoms with Gasteiger partial charge in [-0.2, -0.15) is 13.2 Å². The number of carbonyl (C=O) groups is 1. The summed E-state index contributed by atoms with van der Waals surface area (Å²) in [6.07, 6.45) is -0.320. The molecule has 0 radical (unpaired) electrons. The van der Waals surface area contributed by atoms with Gasteiger partial charge >= 0.3 is 6.18 Å². The lowest BCUT2D eigenvalue weighted by atomic mass is 10.1. The Morgan fingerprint density at radius 3 is 2.41 bits per heavy atom. The Labute approximate surface area is 202 Å². The Bertz CT molecular complexity index is 1120. The fraction of sp³-hybridized carbons (Fsp3) is 0.435. The number of sulfonamides is 1. The minimum Gasteiger partial charge on any atom is -0.350 e. The van der Waals surface area contributed by atoms with Crippen LogP contribution < -0.4 is 9.62 Å². The Hall–Kier alpha value is -2.30. The van der Waals surface area contributed by atoms with Gasteiger partial charge in [-0.05, 0) is 55.3 Å². The minimum atomic E-state index is -4.77. The number of piperidine rings is 1. The molecule has 1 N–H and O–H groups in total. The molecule has 0 spiro atoms. The van der Waals surface area contributed by atoms with Crippen molar-refractivity contribution in [1.29, 1.82) is 0 Å². The zero-order valence-electron chi connectivity index (χ0n) is 18.7. The van der Waals surface area contributed by atoms with Gasteiger partial charge in [0, 0.05) is 13.1 Å². The van der Waals surface area contributed by atoms with Gasteiger partial charge in [0.15, 0.2) is 0 Å². The van der Waals surface area contributed by atoms with Crippen LogP contribution in [-0.4, -0.2) is 45.1 Å². The Morgan fingerprint density at radius 1 is 1.09 bits per heavy atom. The molecule has 1 aliphatic rings. The number of nitrogens with one attached hydrogen (secondary N) is 1. The molecule has 1 fully saturated rings. The van der Waals surface area contributed by atoms with E-state index < -0.39 is 39.2 Å². The van der Waals surface area contributed by atoms with E-state index in [4.69, 9.17) is 11.6 Å². The number of anilines is 1. The highest BCUT2D eigenvalue weighted by atomic mass is 35.5. The second-order valence-electron chi connectivity index (χ2n) is 8.37. The van der Waals surface area contributed by atoms with Crippen LogP contribution in [0, 0.1) is 0 Å². The van der Waals surface area contributed by atoms with Gasteiger partial charge in [0.1, 0.15) is 6.54 Å². The van der Waals surface area contributed by atoms with Crippen LogP contribution in [0.25, 0.3) is 0 Å². The highest BCUT2D eigenvalue weighted by Crippen LogP contribution is 2.37. The highest BCUT2D eigenvalue weighted by molar-refractivity contribution is 7.92. The van der Waals surface area contributed by atoms with Crippen LogP contribution >= 0.6 is 11.6 Å². The number of hydrogen-bond donors (Lipinski definition) is 1. The number of nitrogens with zero attached hydrogens (tertiary/aromatic N) is 2. The molecule has 11 heteroatoms. The number of likely N-dealkylation sites (tertiary alicyclic amines) is 1. The quantitative estimate of drug-likeness (QED) is 0.562. The summed E-state index contributed by atoms with van der Waals surface area (Å²) < 4.78 is 64.7. The van der Waals surface area contributed by atoms with Gasteiger partial charge in [-0.3, -0.25) is 14.0 Å². The van der Waals surface area contributed by atoms with Crippen molar-refractivity contribution in [3.8, 4) is 0 Å². The molecule has 0 unspecified atom stereocenters. The Morgan fingerprint density at radius 2 is 1.76 bits per heavy atom. The SMILES string of the molecule is CS(=O)(=O)N(CC(=O)NCc1cccc(CN2CCCCC2)c1)c1ccc(Cl)c(C(F)(F)F)c1. The fourth-order valence-electron chi connectivity index (χ4n) is 3.89. The van der Waals surface area contributed by atoms with Gasteiger partial charge in [0.05, 0.1) is 22.5 Å². The van der Waals surface area contributed by atoms with E-state index in [1.807, 2.05) is 24.3 Å². The van der Waals surface area contributed by atoms with E-state index in [1.54, 1.807) is 0 Å². The first-order valence-corrected chi connectivity index (χ1v) is 13.1. The third-order valence-corrected chi connectivity index (χ3v) is 7.04. The number of benzene rings is 2. The summed E-state index contributed by atoms with van der Waals surface area (Å²) in [5.74, 6) is -0.643. The number of alkyl halides is 3. The van der Waals surface area contributed by atoms with E-state index in [2.05, 4.69) is 10.2 Å². The normalized spacial score (nSPS) is 15.2. The number of carbonyl (C=O) groups excluding carboxylic acids is 1. The summed E-state index contributed by atoms with van der Waals surface area (Å²) in [6.45, 7) is 2.44. The maximum absolute atomic E-state index is 13.2. The molecule has 1 saturated heterocycles. The van der Waals surface area contributed by atoms with Crippen molar-refractivity contribution in [2.24, 2.45) is 0 Å². The molecule has 0 saturated carbocycles. The maximum atomic E-state index is 13.2. The molecule has 34 heavy (non-hydrogen) atoms. The first-order valence-electron chi connectivity index (χ1n) is 10.8. The van der Waals surface area contributed by atoms with Gasteiger partial charge in [-0.25, -0.2) is 8.42 Å². The molecule has 2 aromatic rings. The average molecular weight is 518 g/mol. The van der Waals surface area contributed by atoms with Crippen molar-refractivity contribution in [1.82, 2.24) is 10.2 Å². The second-order valence-corrected chi connectivity index (χ2v) is 10.7. The number of hydrogen-bond acceptors (Lipinski definition) is 4. The first-order chi connectivity index (χ1) is 15.9. The molecule has 0 aromatic heterocycles. The molecule has 0 aliphatic carbocycles. The van der Waals surface area contributed by atoms with Crippen molar-refractivity contribution < 1.29 is 26.4 Å². The maximum Gasteiger partial charge on any atom is 0.417 e. The number of rotatable bonds is 8. The molecule has 1 aliphatic heterocycles. The Balaban J connectivity index is 1.67. The van der Waals surface area contributed by atoms with Crippen LogP contribution in [0.4, 0.5) is 18.9 Å². The van der Waals surface area contributed by atoms with Gasteiger partial charge in [0.2, 0.25) is 15.9 Å². The van der Waals surface area contributed by atoms with Crippen LogP contribution in [0.1, 0.15) is 36.0 Å². The molecule has 0 bridgehead atoms. The van der Waals surface area contributed by atoms with Crippen LogP contribution in [-0.2, 0) is 34.1 Å². The molecular weight excluding hydrogens is 491 g/mol. The first kappa shape index (κ1) is 26.3. The molecule has 2 aromatic carbocycles. The average Bonchev–Trinajstić information content (AvgIpc) is 2.76. The van der Waals surface area contributed by atoms with Crippen LogP contribution in [0.5, 0.6) is 0 Å². The van der Waals surface area contributed by atoms with Crippen LogP contribution in [0.2, 0.25) is 5.02 Å².